The standard InChI is InChI=1S/C13H20/c1-5-6-7-13-9-11(3)10(2)8-12(13)4/h9H,2,5-8H2,1,3-4H3. The Kier molecular flexibility index (Phi) is 3.53. The molecule has 0 fully saturated rings. The third kappa shape index (κ3) is 2.58. The molecule has 0 bridgehead atoms. The molecule has 1 rings (SSSR count). The minimum Gasteiger partial charge on any atom is -0.0952 e. The van der Waals surface area contributed by atoms with Crippen LogP contribution < -0.4 is 0 Å². The second-order valence-corrected chi connectivity index (χ2v) is 4.02. The van der Waals surface area contributed by atoms with Crippen molar-refractivity contribution in [3.8, 4) is 0 Å². The third-order valence-electron chi connectivity index (χ3n) is 2.77. The highest BCUT2D eigenvalue weighted by atomic mass is 14.1. The number of unbranched alkanes of at least 4 members (excludes halogenated alkanes) is 1. The van der Waals surface area contributed by atoms with E-state index in [-0.39, 0.29) is 0 Å². The van der Waals surface area contributed by atoms with Crippen LogP contribution >= 0.6 is 0 Å². The molecule has 0 heterocycles. The van der Waals surface area contributed by atoms with Crippen molar-refractivity contribution in [2.45, 2.75) is 46.5 Å². The van der Waals surface area contributed by atoms with Gasteiger partial charge < -0.3 is 0 Å². The minimum absolute atomic E-state index is 1.08. The van der Waals surface area contributed by atoms with Crippen molar-refractivity contribution in [1.82, 2.24) is 0 Å². The van der Waals surface area contributed by atoms with E-state index in [1.165, 1.54) is 36.0 Å². The Labute approximate surface area is 82.0 Å². The van der Waals surface area contributed by atoms with Crippen LogP contribution in [0.2, 0.25) is 0 Å². The summed E-state index contributed by atoms with van der Waals surface area (Å²) < 4.78 is 0. The first kappa shape index (κ1) is 10.3. The van der Waals surface area contributed by atoms with Crippen molar-refractivity contribution in [3.63, 3.8) is 0 Å². The summed E-state index contributed by atoms with van der Waals surface area (Å²) in [6.45, 7) is 10.7. The number of rotatable bonds is 3. The molecule has 0 aliphatic heterocycles. The van der Waals surface area contributed by atoms with Crippen molar-refractivity contribution >= 4 is 0 Å². The first-order valence-corrected chi connectivity index (χ1v) is 5.20. The number of allylic oxidation sites excluding steroid dienone is 5. The molecule has 1 aliphatic rings. The molecule has 0 heteroatoms. The summed E-state index contributed by atoms with van der Waals surface area (Å²) in [6, 6.07) is 0. The molecule has 72 valence electrons. The van der Waals surface area contributed by atoms with Gasteiger partial charge in [0.05, 0.1) is 0 Å². The van der Waals surface area contributed by atoms with Gasteiger partial charge in [-0.15, -0.1) is 0 Å². The summed E-state index contributed by atoms with van der Waals surface area (Å²) in [5.41, 5.74) is 5.73. The zero-order chi connectivity index (χ0) is 9.84. The fourth-order valence-electron chi connectivity index (χ4n) is 1.71. The van der Waals surface area contributed by atoms with Gasteiger partial charge in [-0.2, -0.15) is 0 Å². The van der Waals surface area contributed by atoms with E-state index < -0.39 is 0 Å². The van der Waals surface area contributed by atoms with Gasteiger partial charge in [0, 0.05) is 0 Å². The first-order valence-electron chi connectivity index (χ1n) is 5.20. The Morgan fingerprint density at radius 2 is 2.08 bits per heavy atom. The Morgan fingerprint density at radius 1 is 1.38 bits per heavy atom. The normalized spacial score (nSPS) is 17.8. The lowest BCUT2D eigenvalue weighted by molar-refractivity contribution is 0.784. The maximum absolute atomic E-state index is 4.06. The molecule has 0 unspecified atom stereocenters. The highest BCUT2D eigenvalue weighted by molar-refractivity contribution is 5.44. The lowest BCUT2D eigenvalue weighted by Gasteiger charge is -2.17. The molecule has 0 nitrogen and oxygen atoms in total. The Morgan fingerprint density at radius 3 is 2.69 bits per heavy atom. The van der Waals surface area contributed by atoms with Gasteiger partial charge in [0.15, 0.2) is 0 Å². The van der Waals surface area contributed by atoms with E-state index in [1.807, 2.05) is 0 Å². The minimum atomic E-state index is 1.08. The molecule has 0 radical (unpaired) electrons. The maximum Gasteiger partial charge on any atom is -0.00673 e. The predicted octanol–water partition coefficient (Wildman–Crippen LogP) is 4.40. The Hall–Kier alpha value is -0.780. The van der Waals surface area contributed by atoms with Crippen LogP contribution in [-0.2, 0) is 0 Å². The van der Waals surface area contributed by atoms with E-state index in [0.717, 1.165) is 6.42 Å². The van der Waals surface area contributed by atoms with Crippen molar-refractivity contribution in [2.75, 3.05) is 0 Å². The zero-order valence-electron chi connectivity index (χ0n) is 9.11. The summed E-state index contributed by atoms with van der Waals surface area (Å²) in [5.74, 6) is 0. The highest BCUT2D eigenvalue weighted by Gasteiger charge is 2.09. The van der Waals surface area contributed by atoms with Crippen molar-refractivity contribution < 1.29 is 0 Å². The topological polar surface area (TPSA) is 0 Å². The van der Waals surface area contributed by atoms with E-state index in [2.05, 4.69) is 33.4 Å². The van der Waals surface area contributed by atoms with Gasteiger partial charge in [-0.05, 0) is 49.8 Å². The average Bonchev–Trinajstić information content (AvgIpc) is 2.09. The van der Waals surface area contributed by atoms with Gasteiger partial charge in [0.1, 0.15) is 0 Å². The lowest BCUT2D eigenvalue weighted by Crippen LogP contribution is -1.98. The molecule has 0 saturated carbocycles. The highest BCUT2D eigenvalue weighted by Crippen LogP contribution is 2.29. The van der Waals surface area contributed by atoms with E-state index >= 15 is 0 Å². The average molecular weight is 176 g/mol. The van der Waals surface area contributed by atoms with Gasteiger partial charge >= 0.3 is 0 Å². The second-order valence-electron chi connectivity index (χ2n) is 4.02. The van der Waals surface area contributed by atoms with Crippen molar-refractivity contribution in [1.29, 1.82) is 0 Å². The van der Waals surface area contributed by atoms with Gasteiger partial charge in [-0.3, -0.25) is 0 Å². The van der Waals surface area contributed by atoms with Crippen molar-refractivity contribution in [2.24, 2.45) is 0 Å². The maximum atomic E-state index is 4.06. The van der Waals surface area contributed by atoms with Gasteiger partial charge in [-0.25, -0.2) is 0 Å². The zero-order valence-corrected chi connectivity index (χ0v) is 9.11. The second kappa shape index (κ2) is 4.45. The van der Waals surface area contributed by atoms with Crippen LogP contribution in [0.5, 0.6) is 0 Å². The summed E-state index contributed by atoms with van der Waals surface area (Å²) in [7, 11) is 0. The molecule has 0 atom stereocenters. The largest absolute Gasteiger partial charge is 0.0952 e. The van der Waals surface area contributed by atoms with E-state index in [9.17, 15) is 0 Å². The molecule has 13 heavy (non-hydrogen) atoms. The molecule has 1 aliphatic carbocycles. The fourth-order valence-corrected chi connectivity index (χ4v) is 1.71. The lowest BCUT2D eigenvalue weighted by atomic mass is 9.88. The number of hydrogen-bond acceptors (Lipinski definition) is 0. The molecule has 0 amide bonds. The molecule has 0 N–H and O–H groups in total. The van der Waals surface area contributed by atoms with E-state index in [1.54, 1.807) is 5.57 Å². The van der Waals surface area contributed by atoms with Crippen LogP contribution in [0.3, 0.4) is 0 Å². The molecule has 0 aromatic carbocycles. The summed E-state index contributed by atoms with van der Waals surface area (Å²) in [4.78, 5) is 0. The predicted molar refractivity (Wildman–Crippen MR) is 59.7 cm³/mol. The summed E-state index contributed by atoms with van der Waals surface area (Å²) >= 11 is 0. The van der Waals surface area contributed by atoms with Crippen LogP contribution in [-0.4, -0.2) is 0 Å². The Balaban J connectivity index is 2.72. The van der Waals surface area contributed by atoms with Crippen LogP contribution in [0.4, 0.5) is 0 Å². The van der Waals surface area contributed by atoms with Gasteiger partial charge in [0.2, 0.25) is 0 Å². The van der Waals surface area contributed by atoms with Gasteiger partial charge in [-0.1, -0.05) is 31.6 Å². The third-order valence-corrected chi connectivity index (χ3v) is 2.77. The number of hydrogen-bond donors (Lipinski definition) is 0. The molecular weight excluding hydrogens is 156 g/mol. The molecule has 0 aromatic heterocycles. The van der Waals surface area contributed by atoms with Crippen LogP contribution in [0, 0.1) is 0 Å². The van der Waals surface area contributed by atoms with Crippen LogP contribution in [0.15, 0.2) is 34.9 Å². The Bertz CT molecular complexity index is 264. The summed E-state index contributed by atoms with van der Waals surface area (Å²) in [6.07, 6.45) is 7.23. The summed E-state index contributed by atoms with van der Waals surface area (Å²) in [5, 5.41) is 0. The van der Waals surface area contributed by atoms with Crippen LogP contribution in [0.25, 0.3) is 0 Å². The van der Waals surface area contributed by atoms with E-state index in [0.29, 0.717) is 0 Å². The monoisotopic (exact) mass is 176 g/mol. The first-order chi connectivity index (χ1) is 6.15. The SMILES string of the molecule is C=C1CC(C)=C(CCCC)C=C1C. The fraction of sp³-hybridized carbons (Fsp3) is 0.538. The van der Waals surface area contributed by atoms with Gasteiger partial charge in [0.25, 0.3) is 0 Å². The van der Waals surface area contributed by atoms with E-state index in [4.69, 9.17) is 0 Å². The molecule has 0 spiro atoms. The smallest absolute Gasteiger partial charge is 0.00673 e. The quantitative estimate of drug-likeness (QED) is 0.598. The molecular formula is C13H20. The van der Waals surface area contributed by atoms with Crippen molar-refractivity contribution in [3.05, 3.63) is 34.9 Å². The molecule has 0 aromatic rings. The van der Waals surface area contributed by atoms with Crippen LogP contribution in [0.1, 0.15) is 46.5 Å². The molecule has 0 saturated heterocycles.